The summed E-state index contributed by atoms with van der Waals surface area (Å²) >= 11 is 1.69. The third kappa shape index (κ3) is 3.82. The highest BCUT2D eigenvalue weighted by Gasteiger charge is 2.19. The molecule has 0 radical (unpaired) electrons. The molecule has 1 fully saturated rings. The fraction of sp³-hybridized carbons (Fsp3) is 0.643. The second-order valence-corrected chi connectivity index (χ2v) is 6.27. The van der Waals surface area contributed by atoms with Crippen LogP contribution in [0.5, 0.6) is 0 Å². The summed E-state index contributed by atoms with van der Waals surface area (Å²) in [5, 5.41) is 5.12. The van der Waals surface area contributed by atoms with Crippen LogP contribution in [0.2, 0.25) is 0 Å². The second kappa shape index (κ2) is 6.34. The molecule has 1 aromatic rings. The summed E-state index contributed by atoms with van der Waals surface area (Å²) in [5.41, 5.74) is 0. The standard InChI is InChI=1S/C14H22N2OS/c1-11-5-3-7-16(9-11)10-14(17)15-12(2)13-6-4-8-18-13/h4,6,8,11-12H,3,5,7,9-10H2,1-2H3,(H,15,17)/t11-,12-/m0/s1. The van der Waals surface area contributed by atoms with Crippen molar-refractivity contribution in [1.29, 1.82) is 0 Å². The van der Waals surface area contributed by atoms with E-state index in [4.69, 9.17) is 0 Å². The first kappa shape index (κ1) is 13.6. The number of hydrogen-bond acceptors (Lipinski definition) is 3. The van der Waals surface area contributed by atoms with Gasteiger partial charge in [-0.2, -0.15) is 0 Å². The van der Waals surface area contributed by atoms with E-state index >= 15 is 0 Å². The summed E-state index contributed by atoms with van der Waals surface area (Å²) < 4.78 is 0. The van der Waals surface area contributed by atoms with E-state index < -0.39 is 0 Å². The largest absolute Gasteiger partial charge is 0.348 e. The zero-order valence-corrected chi connectivity index (χ0v) is 12.0. The third-order valence-electron chi connectivity index (χ3n) is 3.46. The van der Waals surface area contributed by atoms with Gasteiger partial charge >= 0.3 is 0 Å². The van der Waals surface area contributed by atoms with Crippen LogP contribution in [-0.2, 0) is 4.79 Å². The monoisotopic (exact) mass is 266 g/mol. The predicted molar refractivity (Wildman–Crippen MR) is 75.7 cm³/mol. The number of rotatable bonds is 4. The minimum atomic E-state index is 0.125. The molecule has 2 atom stereocenters. The van der Waals surface area contributed by atoms with Crippen molar-refractivity contribution in [3.05, 3.63) is 22.4 Å². The Balaban J connectivity index is 1.78. The summed E-state index contributed by atoms with van der Waals surface area (Å²) in [6, 6.07) is 4.22. The van der Waals surface area contributed by atoms with Crippen LogP contribution in [0.4, 0.5) is 0 Å². The van der Waals surface area contributed by atoms with Gasteiger partial charge in [0.2, 0.25) is 5.91 Å². The van der Waals surface area contributed by atoms with Crippen LogP contribution in [0.15, 0.2) is 17.5 Å². The fourth-order valence-electron chi connectivity index (χ4n) is 2.53. The van der Waals surface area contributed by atoms with Crippen molar-refractivity contribution in [1.82, 2.24) is 10.2 Å². The number of nitrogens with one attached hydrogen (secondary N) is 1. The minimum absolute atomic E-state index is 0.125. The molecule has 0 aliphatic carbocycles. The highest BCUT2D eigenvalue weighted by molar-refractivity contribution is 7.10. The molecule has 0 unspecified atom stereocenters. The molecule has 1 saturated heterocycles. The molecular weight excluding hydrogens is 244 g/mol. The Morgan fingerprint density at radius 1 is 1.67 bits per heavy atom. The molecule has 1 aliphatic heterocycles. The van der Waals surface area contributed by atoms with Crippen LogP contribution in [0.1, 0.15) is 37.6 Å². The molecule has 0 spiro atoms. The maximum absolute atomic E-state index is 12.0. The molecule has 1 N–H and O–H groups in total. The van der Waals surface area contributed by atoms with Gasteiger partial charge in [0, 0.05) is 11.4 Å². The van der Waals surface area contributed by atoms with Gasteiger partial charge in [0.25, 0.3) is 0 Å². The van der Waals surface area contributed by atoms with Crippen LogP contribution in [0.25, 0.3) is 0 Å². The maximum atomic E-state index is 12.0. The van der Waals surface area contributed by atoms with Crippen LogP contribution >= 0.6 is 11.3 Å². The van der Waals surface area contributed by atoms with Gasteiger partial charge in [-0.3, -0.25) is 9.69 Å². The van der Waals surface area contributed by atoms with E-state index in [1.165, 1.54) is 17.7 Å². The number of amides is 1. The van der Waals surface area contributed by atoms with Crippen molar-refractivity contribution < 1.29 is 4.79 Å². The van der Waals surface area contributed by atoms with Crippen molar-refractivity contribution in [3.63, 3.8) is 0 Å². The number of likely N-dealkylation sites (tertiary alicyclic amines) is 1. The summed E-state index contributed by atoms with van der Waals surface area (Å²) in [6.45, 7) is 6.97. The minimum Gasteiger partial charge on any atom is -0.348 e. The summed E-state index contributed by atoms with van der Waals surface area (Å²) in [6.07, 6.45) is 2.51. The van der Waals surface area contributed by atoms with E-state index in [1.807, 2.05) is 18.4 Å². The van der Waals surface area contributed by atoms with Gasteiger partial charge in [0.15, 0.2) is 0 Å². The summed E-state index contributed by atoms with van der Waals surface area (Å²) in [7, 11) is 0. The van der Waals surface area contributed by atoms with Crippen LogP contribution in [0.3, 0.4) is 0 Å². The van der Waals surface area contributed by atoms with Crippen molar-refractivity contribution in [3.8, 4) is 0 Å². The van der Waals surface area contributed by atoms with Crippen LogP contribution in [0, 0.1) is 5.92 Å². The molecule has 3 nitrogen and oxygen atoms in total. The van der Waals surface area contributed by atoms with Gasteiger partial charge in [-0.1, -0.05) is 13.0 Å². The van der Waals surface area contributed by atoms with E-state index in [2.05, 4.69) is 23.2 Å². The van der Waals surface area contributed by atoms with Gasteiger partial charge in [0.1, 0.15) is 0 Å². The Hall–Kier alpha value is -0.870. The molecule has 1 aliphatic rings. The predicted octanol–water partition coefficient (Wildman–Crippen LogP) is 2.66. The molecule has 1 aromatic heterocycles. The van der Waals surface area contributed by atoms with E-state index in [0.29, 0.717) is 6.54 Å². The Labute approximate surface area is 113 Å². The van der Waals surface area contributed by atoms with E-state index in [1.54, 1.807) is 11.3 Å². The molecule has 18 heavy (non-hydrogen) atoms. The molecule has 0 bridgehead atoms. The van der Waals surface area contributed by atoms with Crippen LogP contribution in [-0.4, -0.2) is 30.4 Å². The van der Waals surface area contributed by atoms with Crippen molar-refractivity contribution in [2.45, 2.75) is 32.7 Å². The lowest BCUT2D eigenvalue weighted by molar-refractivity contribution is -0.123. The lowest BCUT2D eigenvalue weighted by Crippen LogP contribution is -2.42. The molecule has 100 valence electrons. The average Bonchev–Trinajstić information content (AvgIpc) is 2.81. The number of thiophene rings is 1. The van der Waals surface area contributed by atoms with E-state index in [9.17, 15) is 4.79 Å². The molecule has 0 saturated carbocycles. The Bertz CT molecular complexity index is 377. The first-order valence-electron chi connectivity index (χ1n) is 6.70. The number of nitrogens with zero attached hydrogens (tertiary/aromatic N) is 1. The van der Waals surface area contributed by atoms with Gasteiger partial charge in [-0.15, -0.1) is 11.3 Å². The first-order chi connectivity index (χ1) is 8.65. The van der Waals surface area contributed by atoms with Gasteiger partial charge < -0.3 is 5.32 Å². The van der Waals surface area contributed by atoms with Crippen molar-refractivity contribution in [2.75, 3.05) is 19.6 Å². The SMILES string of the molecule is C[C@H]1CCCN(CC(=O)N[C@@H](C)c2cccs2)C1. The molecule has 1 amide bonds. The highest BCUT2D eigenvalue weighted by Crippen LogP contribution is 2.18. The fourth-order valence-corrected chi connectivity index (χ4v) is 3.26. The average molecular weight is 266 g/mol. The smallest absolute Gasteiger partial charge is 0.234 e. The Morgan fingerprint density at radius 3 is 3.17 bits per heavy atom. The van der Waals surface area contributed by atoms with Gasteiger partial charge in [-0.25, -0.2) is 0 Å². The molecular formula is C14H22N2OS. The normalized spacial score (nSPS) is 22.7. The Morgan fingerprint density at radius 2 is 2.50 bits per heavy atom. The zero-order valence-electron chi connectivity index (χ0n) is 11.2. The number of carbonyl (C=O) groups excluding carboxylic acids is 1. The number of carbonyl (C=O) groups is 1. The van der Waals surface area contributed by atoms with Crippen molar-refractivity contribution in [2.24, 2.45) is 5.92 Å². The number of piperidine rings is 1. The maximum Gasteiger partial charge on any atom is 0.234 e. The van der Waals surface area contributed by atoms with Gasteiger partial charge in [-0.05, 0) is 43.7 Å². The molecule has 4 heteroatoms. The third-order valence-corrected chi connectivity index (χ3v) is 4.51. The second-order valence-electron chi connectivity index (χ2n) is 5.29. The highest BCUT2D eigenvalue weighted by atomic mass is 32.1. The topological polar surface area (TPSA) is 32.3 Å². The number of hydrogen-bond donors (Lipinski definition) is 1. The Kier molecular flexibility index (Phi) is 4.78. The molecule has 0 aromatic carbocycles. The summed E-state index contributed by atoms with van der Waals surface area (Å²) in [4.78, 5) is 15.5. The van der Waals surface area contributed by atoms with Gasteiger partial charge in [0.05, 0.1) is 12.6 Å². The molecule has 2 rings (SSSR count). The quantitative estimate of drug-likeness (QED) is 0.908. The van der Waals surface area contributed by atoms with Crippen LogP contribution < -0.4 is 5.32 Å². The molecule has 2 heterocycles. The van der Waals surface area contributed by atoms with E-state index in [-0.39, 0.29) is 11.9 Å². The van der Waals surface area contributed by atoms with E-state index in [0.717, 1.165) is 19.0 Å². The first-order valence-corrected chi connectivity index (χ1v) is 7.58. The lowest BCUT2D eigenvalue weighted by atomic mass is 10.0. The lowest BCUT2D eigenvalue weighted by Gasteiger charge is -2.30. The zero-order chi connectivity index (χ0) is 13.0. The summed E-state index contributed by atoms with van der Waals surface area (Å²) in [5.74, 6) is 0.867. The van der Waals surface area contributed by atoms with Crippen molar-refractivity contribution >= 4 is 17.2 Å².